The summed E-state index contributed by atoms with van der Waals surface area (Å²) in [6.07, 6.45) is 3.20. The number of anilines is 1. The van der Waals surface area contributed by atoms with E-state index in [1.807, 2.05) is 18.3 Å². The van der Waals surface area contributed by atoms with E-state index in [0.29, 0.717) is 24.4 Å². The van der Waals surface area contributed by atoms with Crippen LogP contribution >= 0.6 is 0 Å². The molecule has 1 aromatic heterocycles. The van der Waals surface area contributed by atoms with Crippen LogP contribution in [0, 0.1) is 0 Å². The summed E-state index contributed by atoms with van der Waals surface area (Å²) < 4.78 is 5.53. The third kappa shape index (κ3) is 5.88. The van der Waals surface area contributed by atoms with Crippen molar-refractivity contribution in [3.05, 3.63) is 53.9 Å². The molecular weight excluding hydrogens is 330 g/mol. The van der Waals surface area contributed by atoms with Gasteiger partial charge in [0.1, 0.15) is 5.75 Å². The average Bonchev–Trinajstić information content (AvgIpc) is 2.67. The van der Waals surface area contributed by atoms with Gasteiger partial charge in [-0.25, -0.2) is 0 Å². The molecule has 6 nitrogen and oxygen atoms in total. The monoisotopic (exact) mass is 355 g/mol. The third-order valence-electron chi connectivity index (χ3n) is 3.94. The van der Waals surface area contributed by atoms with E-state index in [2.05, 4.69) is 17.2 Å². The number of nitrogens with zero attached hydrogens (tertiary/aromatic N) is 2. The van der Waals surface area contributed by atoms with Crippen molar-refractivity contribution in [2.75, 3.05) is 19.0 Å². The van der Waals surface area contributed by atoms with Crippen LogP contribution in [0.15, 0.2) is 42.6 Å². The quantitative estimate of drug-likeness (QED) is 0.790. The number of ether oxygens (including phenoxy) is 1. The molecule has 0 bridgehead atoms. The van der Waals surface area contributed by atoms with E-state index in [-0.39, 0.29) is 18.4 Å². The maximum Gasteiger partial charge on any atom is 0.260 e. The summed E-state index contributed by atoms with van der Waals surface area (Å²) in [5.41, 5.74) is 2.72. The fraction of sp³-hybridized carbons (Fsp3) is 0.350. The summed E-state index contributed by atoms with van der Waals surface area (Å²) in [5, 5.41) is 2.76. The molecule has 138 valence electrons. The van der Waals surface area contributed by atoms with E-state index in [1.165, 1.54) is 5.56 Å². The summed E-state index contributed by atoms with van der Waals surface area (Å²) in [6, 6.07) is 10.9. The molecule has 2 amide bonds. The number of aryl methyl sites for hydroxylation is 1. The second-order valence-electron chi connectivity index (χ2n) is 5.98. The van der Waals surface area contributed by atoms with Gasteiger partial charge in [0.25, 0.3) is 5.91 Å². The zero-order chi connectivity index (χ0) is 18.9. The molecule has 0 saturated heterocycles. The van der Waals surface area contributed by atoms with Crippen LogP contribution in [-0.4, -0.2) is 35.4 Å². The minimum absolute atomic E-state index is 0.0453. The van der Waals surface area contributed by atoms with E-state index in [9.17, 15) is 9.59 Å². The molecule has 2 aromatic rings. The Morgan fingerprint density at radius 3 is 2.42 bits per heavy atom. The zero-order valence-corrected chi connectivity index (χ0v) is 15.5. The maximum atomic E-state index is 12.2. The molecule has 0 fully saturated rings. The number of hydrogen-bond donors (Lipinski definition) is 1. The van der Waals surface area contributed by atoms with Gasteiger partial charge in [-0.05, 0) is 42.3 Å². The molecular formula is C20H25N3O3. The minimum Gasteiger partial charge on any atom is -0.484 e. The van der Waals surface area contributed by atoms with Gasteiger partial charge in [-0.1, -0.05) is 19.9 Å². The van der Waals surface area contributed by atoms with Gasteiger partial charge in [-0.2, -0.15) is 0 Å². The summed E-state index contributed by atoms with van der Waals surface area (Å²) in [7, 11) is 1.73. The van der Waals surface area contributed by atoms with Gasteiger partial charge in [-0.15, -0.1) is 0 Å². The van der Waals surface area contributed by atoms with Crippen molar-refractivity contribution in [2.45, 2.75) is 33.2 Å². The summed E-state index contributed by atoms with van der Waals surface area (Å²) in [4.78, 5) is 29.5. The fourth-order valence-corrected chi connectivity index (χ4v) is 2.23. The number of nitrogens with one attached hydrogen (secondary N) is 1. The average molecular weight is 355 g/mol. The van der Waals surface area contributed by atoms with Crippen molar-refractivity contribution >= 4 is 17.5 Å². The first kappa shape index (κ1) is 19.4. The van der Waals surface area contributed by atoms with Crippen LogP contribution in [-0.2, 0) is 22.6 Å². The lowest BCUT2D eigenvalue weighted by molar-refractivity contribution is -0.132. The molecule has 0 radical (unpaired) electrons. The Hall–Kier alpha value is -2.89. The van der Waals surface area contributed by atoms with E-state index < -0.39 is 0 Å². The molecule has 0 aliphatic heterocycles. The molecule has 1 N–H and O–H groups in total. The van der Waals surface area contributed by atoms with E-state index >= 15 is 0 Å². The molecule has 0 aliphatic rings. The number of hydrogen-bond acceptors (Lipinski definition) is 4. The second kappa shape index (κ2) is 9.56. The Morgan fingerprint density at radius 2 is 1.85 bits per heavy atom. The Kier molecular flexibility index (Phi) is 7.14. The molecule has 0 aliphatic carbocycles. The second-order valence-corrected chi connectivity index (χ2v) is 5.98. The van der Waals surface area contributed by atoms with Gasteiger partial charge in [0.05, 0.1) is 12.2 Å². The molecule has 1 aromatic carbocycles. The highest BCUT2D eigenvalue weighted by molar-refractivity contribution is 5.90. The van der Waals surface area contributed by atoms with Crippen molar-refractivity contribution in [3.63, 3.8) is 0 Å². The molecule has 1 heterocycles. The third-order valence-corrected chi connectivity index (χ3v) is 3.94. The highest BCUT2D eigenvalue weighted by Gasteiger charge is 2.11. The minimum atomic E-state index is -0.130. The van der Waals surface area contributed by atoms with E-state index in [1.54, 1.807) is 43.1 Å². The van der Waals surface area contributed by atoms with Crippen LogP contribution in [0.2, 0.25) is 0 Å². The van der Waals surface area contributed by atoms with Crippen LogP contribution in [0.1, 0.15) is 31.5 Å². The molecule has 6 heteroatoms. The molecule has 0 atom stereocenters. The molecule has 0 spiro atoms. The molecule has 0 saturated carbocycles. The Balaban J connectivity index is 1.82. The number of likely N-dealkylation sites (N-methyl/N-ethyl adjacent to an activating group) is 1. The van der Waals surface area contributed by atoms with E-state index in [0.717, 1.165) is 12.1 Å². The predicted octanol–water partition coefficient (Wildman–Crippen LogP) is 3.03. The number of benzene rings is 1. The standard InChI is InChI=1S/C20H25N3O3/c1-4-15-6-7-17(21-12-15)13-23(3)20(25)14-26-18-10-8-16(9-11-18)22-19(24)5-2/h6-12H,4-5,13-14H2,1-3H3,(H,22,24). The van der Waals surface area contributed by atoms with Crippen molar-refractivity contribution < 1.29 is 14.3 Å². The number of rotatable bonds is 8. The van der Waals surface area contributed by atoms with Crippen molar-refractivity contribution in [2.24, 2.45) is 0 Å². The molecule has 0 unspecified atom stereocenters. The highest BCUT2D eigenvalue weighted by atomic mass is 16.5. The fourth-order valence-electron chi connectivity index (χ4n) is 2.23. The maximum absolute atomic E-state index is 12.2. The van der Waals surface area contributed by atoms with Crippen LogP contribution in [0.3, 0.4) is 0 Å². The van der Waals surface area contributed by atoms with Crippen LogP contribution in [0.25, 0.3) is 0 Å². The highest BCUT2D eigenvalue weighted by Crippen LogP contribution is 2.16. The Morgan fingerprint density at radius 1 is 1.12 bits per heavy atom. The lowest BCUT2D eigenvalue weighted by Crippen LogP contribution is -2.31. The smallest absolute Gasteiger partial charge is 0.260 e. The normalized spacial score (nSPS) is 10.3. The van der Waals surface area contributed by atoms with Crippen molar-refractivity contribution in [1.82, 2.24) is 9.88 Å². The van der Waals surface area contributed by atoms with Gasteiger partial charge >= 0.3 is 0 Å². The van der Waals surface area contributed by atoms with Gasteiger partial charge in [0.15, 0.2) is 6.61 Å². The van der Waals surface area contributed by atoms with E-state index in [4.69, 9.17) is 4.74 Å². The SMILES string of the molecule is CCC(=O)Nc1ccc(OCC(=O)N(C)Cc2ccc(CC)cn2)cc1. The molecule has 26 heavy (non-hydrogen) atoms. The summed E-state index contributed by atoms with van der Waals surface area (Å²) >= 11 is 0. The van der Waals surface area contributed by atoms with Gasteiger partial charge < -0.3 is 15.0 Å². The van der Waals surface area contributed by atoms with Crippen molar-refractivity contribution in [1.29, 1.82) is 0 Å². The predicted molar refractivity (Wildman–Crippen MR) is 101 cm³/mol. The summed E-state index contributed by atoms with van der Waals surface area (Å²) in [6.45, 7) is 4.26. The lowest BCUT2D eigenvalue weighted by Gasteiger charge is -2.17. The topological polar surface area (TPSA) is 71.5 Å². The van der Waals surface area contributed by atoms with Crippen LogP contribution in [0.5, 0.6) is 5.75 Å². The number of carbonyl (C=O) groups is 2. The van der Waals surface area contributed by atoms with Crippen LogP contribution in [0.4, 0.5) is 5.69 Å². The van der Waals surface area contributed by atoms with Gasteiger partial charge in [-0.3, -0.25) is 14.6 Å². The largest absolute Gasteiger partial charge is 0.484 e. The first-order valence-corrected chi connectivity index (χ1v) is 8.72. The Bertz CT molecular complexity index is 727. The number of aromatic nitrogens is 1. The number of amides is 2. The van der Waals surface area contributed by atoms with Crippen molar-refractivity contribution in [3.8, 4) is 5.75 Å². The van der Waals surface area contributed by atoms with Crippen LogP contribution < -0.4 is 10.1 Å². The first-order valence-electron chi connectivity index (χ1n) is 8.72. The Labute approximate surface area is 154 Å². The zero-order valence-electron chi connectivity index (χ0n) is 15.5. The van der Waals surface area contributed by atoms with Gasteiger partial charge in [0.2, 0.25) is 5.91 Å². The molecule has 2 rings (SSSR count). The number of carbonyl (C=O) groups excluding carboxylic acids is 2. The number of pyridine rings is 1. The first-order chi connectivity index (χ1) is 12.5. The lowest BCUT2D eigenvalue weighted by atomic mass is 10.2. The van der Waals surface area contributed by atoms with Gasteiger partial charge in [0, 0.05) is 25.4 Å². The summed E-state index contributed by atoms with van der Waals surface area (Å²) in [5.74, 6) is 0.400.